The Bertz CT molecular complexity index is 447. The van der Waals surface area contributed by atoms with Crippen molar-refractivity contribution < 1.29 is 4.79 Å². The van der Waals surface area contributed by atoms with Gasteiger partial charge in [-0.25, -0.2) is 0 Å². The van der Waals surface area contributed by atoms with E-state index in [1.807, 2.05) is 17.8 Å². The zero-order valence-electron chi connectivity index (χ0n) is 11.0. The van der Waals surface area contributed by atoms with Crippen molar-refractivity contribution in [2.24, 2.45) is 5.73 Å². The van der Waals surface area contributed by atoms with Gasteiger partial charge in [0.15, 0.2) is 0 Å². The van der Waals surface area contributed by atoms with E-state index in [0.29, 0.717) is 0 Å². The Kier molecular flexibility index (Phi) is 4.30. The lowest BCUT2D eigenvalue weighted by Crippen LogP contribution is -2.27. The van der Waals surface area contributed by atoms with Gasteiger partial charge in [0.2, 0.25) is 5.91 Å². The number of hydrogen-bond donors (Lipinski definition) is 1. The molecule has 3 nitrogen and oxygen atoms in total. The maximum atomic E-state index is 11.8. The Labute approximate surface area is 113 Å². The summed E-state index contributed by atoms with van der Waals surface area (Å²) in [6, 6.07) is 5.66. The number of amides is 1. The monoisotopic (exact) mass is 264 g/mol. The van der Waals surface area contributed by atoms with Gasteiger partial charge >= 0.3 is 0 Å². The molecule has 1 aromatic carbocycles. The second-order valence-electron chi connectivity index (χ2n) is 4.65. The summed E-state index contributed by atoms with van der Waals surface area (Å²) in [5.74, 6) is 1.12. The van der Waals surface area contributed by atoms with Crippen molar-refractivity contribution >= 4 is 23.4 Å². The lowest BCUT2D eigenvalue weighted by Gasteiger charge is -2.11. The molecular weight excluding hydrogens is 244 g/mol. The van der Waals surface area contributed by atoms with Crippen molar-refractivity contribution in [3.8, 4) is 0 Å². The second-order valence-corrected chi connectivity index (χ2v) is 5.82. The summed E-state index contributed by atoms with van der Waals surface area (Å²) in [7, 11) is 1.79. The van der Waals surface area contributed by atoms with Crippen molar-refractivity contribution in [2.45, 2.75) is 37.1 Å². The number of likely N-dealkylation sites (N-methyl/N-ethyl adjacent to an activating group) is 1. The molecule has 4 heteroatoms. The van der Waals surface area contributed by atoms with Crippen molar-refractivity contribution in [3.05, 3.63) is 23.8 Å². The lowest BCUT2D eigenvalue weighted by molar-refractivity contribution is -0.118. The van der Waals surface area contributed by atoms with Crippen molar-refractivity contribution in [2.75, 3.05) is 17.7 Å². The minimum atomic E-state index is -0.482. The number of carbonyl (C=O) groups excluding carboxylic acids is 1. The van der Waals surface area contributed by atoms with Crippen LogP contribution in [0.3, 0.4) is 0 Å². The zero-order chi connectivity index (χ0) is 13.1. The zero-order valence-corrected chi connectivity index (χ0v) is 11.8. The van der Waals surface area contributed by atoms with Crippen LogP contribution in [0, 0.1) is 0 Å². The van der Waals surface area contributed by atoms with Crippen LogP contribution in [0.1, 0.15) is 37.8 Å². The molecule has 2 rings (SSSR count). The molecular formula is C14H20N2OS. The highest BCUT2D eigenvalue weighted by molar-refractivity contribution is 7.99. The molecule has 1 aliphatic heterocycles. The van der Waals surface area contributed by atoms with Gasteiger partial charge in [0.1, 0.15) is 6.04 Å². The summed E-state index contributed by atoms with van der Waals surface area (Å²) >= 11 is 1.85. The van der Waals surface area contributed by atoms with Crippen LogP contribution in [0.25, 0.3) is 0 Å². The number of nitrogens with zero attached hydrogens (tertiary/aromatic N) is 1. The number of fused-ring (bicyclic) bond motifs is 1. The first kappa shape index (κ1) is 13.4. The molecule has 0 saturated carbocycles. The summed E-state index contributed by atoms with van der Waals surface area (Å²) in [4.78, 5) is 14.7. The molecule has 0 fully saturated rings. The summed E-state index contributed by atoms with van der Waals surface area (Å²) in [6.07, 6.45) is 3.77. The number of nitrogens with two attached hydrogens (primary N) is 1. The summed E-state index contributed by atoms with van der Waals surface area (Å²) in [6.45, 7) is 2.21. The average molecular weight is 264 g/mol. The summed E-state index contributed by atoms with van der Waals surface area (Å²) in [5, 5.41) is 0. The molecule has 0 bridgehead atoms. The standard InChI is InChI=1S/C14H20N2OS/c1-3-4-5-8-18-10-6-7-11-12(9-10)16(2)14(17)13(11)15/h6-7,9,13H,3-5,8,15H2,1-2H3. The van der Waals surface area contributed by atoms with Gasteiger partial charge in [0.05, 0.1) is 0 Å². The maximum absolute atomic E-state index is 11.8. The second kappa shape index (κ2) is 5.76. The first-order valence-corrected chi connectivity index (χ1v) is 7.43. The van der Waals surface area contributed by atoms with Crippen LogP contribution in [-0.2, 0) is 4.79 Å². The van der Waals surface area contributed by atoms with Crippen LogP contribution in [0.2, 0.25) is 0 Å². The Hall–Kier alpha value is -1.00. The Morgan fingerprint density at radius 1 is 1.39 bits per heavy atom. The van der Waals surface area contributed by atoms with E-state index in [-0.39, 0.29) is 5.91 Å². The molecule has 0 saturated heterocycles. The van der Waals surface area contributed by atoms with Gasteiger partial charge in [-0.15, -0.1) is 11.8 Å². The highest BCUT2D eigenvalue weighted by atomic mass is 32.2. The number of unbranched alkanes of at least 4 members (excludes halogenated alkanes) is 2. The third-order valence-corrected chi connectivity index (χ3v) is 4.39. The van der Waals surface area contributed by atoms with Gasteiger partial charge in [-0.2, -0.15) is 0 Å². The third-order valence-electron chi connectivity index (χ3n) is 3.31. The molecule has 0 aromatic heterocycles. The van der Waals surface area contributed by atoms with Gasteiger partial charge in [0, 0.05) is 23.2 Å². The normalized spacial score (nSPS) is 18.3. The van der Waals surface area contributed by atoms with Crippen LogP contribution in [0.4, 0.5) is 5.69 Å². The average Bonchev–Trinajstić information content (AvgIpc) is 2.60. The molecule has 1 aromatic rings. The van der Waals surface area contributed by atoms with E-state index < -0.39 is 6.04 Å². The molecule has 1 atom stereocenters. The highest BCUT2D eigenvalue weighted by Gasteiger charge is 2.32. The molecule has 2 N–H and O–H groups in total. The van der Waals surface area contributed by atoms with E-state index >= 15 is 0 Å². The van der Waals surface area contributed by atoms with Crippen LogP contribution >= 0.6 is 11.8 Å². The fourth-order valence-corrected chi connectivity index (χ4v) is 3.11. The van der Waals surface area contributed by atoms with Crippen molar-refractivity contribution in [1.29, 1.82) is 0 Å². The number of rotatable bonds is 5. The van der Waals surface area contributed by atoms with E-state index in [9.17, 15) is 4.79 Å². The number of benzene rings is 1. The molecule has 1 unspecified atom stereocenters. The van der Waals surface area contributed by atoms with Gasteiger partial charge in [-0.3, -0.25) is 4.79 Å². The molecule has 0 spiro atoms. The minimum Gasteiger partial charge on any atom is -0.316 e. The predicted octanol–water partition coefficient (Wildman–Crippen LogP) is 2.95. The molecule has 18 heavy (non-hydrogen) atoms. The Morgan fingerprint density at radius 2 is 2.17 bits per heavy atom. The fourth-order valence-electron chi connectivity index (χ4n) is 2.17. The van der Waals surface area contributed by atoms with Crippen molar-refractivity contribution in [3.63, 3.8) is 0 Å². The van der Waals surface area contributed by atoms with Crippen LogP contribution in [0.15, 0.2) is 23.1 Å². The summed E-state index contributed by atoms with van der Waals surface area (Å²) in [5.41, 5.74) is 7.78. The minimum absolute atomic E-state index is 0.0156. The van der Waals surface area contributed by atoms with E-state index in [0.717, 1.165) is 17.0 Å². The van der Waals surface area contributed by atoms with E-state index in [2.05, 4.69) is 19.1 Å². The number of thioether (sulfide) groups is 1. The van der Waals surface area contributed by atoms with E-state index in [4.69, 9.17) is 5.73 Å². The molecule has 1 heterocycles. The summed E-state index contributed by atoms with van der Waals surface area (Å²) < 4.78 is 0. The molecule has 98 valence electrons. The first-order valence-electron chi connectivity index (χ1n) is 6.45. The molecule has 1 aliphatic rings. The number of carbonyl (C=O) groups is 1. The van der Waals surface area contributed by atoms with Gasteiger partial charge < -0.3 is 10.6 Å². The van der Waals surface area contributed by atoms with E-state index in [1.54, 1.807) is 11.9 Å². The Balaban J connectivity index is 2.07. The Morgan fingerprint density at radius 3 is 2.89 bits per heavy atom. The number of anilines is 1. The highest BCUT2D eigenvalue weighted by Crippen LogP contribution is 2.36. The lowest BCUT2D eigenvalue weighted by atomic mass is 10.1. The maximum Gasteiger partial charge on any atom is 0.248 e. The van der Waals surface area contributed by atoms with Crippen LogP contribution in [0.5, 0.6) is 0 Å². The number of hydrogen-bond acceptors (Lipinski definition) is 3. The molecule has 1 amide bonds. The van der Waals surface area contributed by atoms with Gasteiger partial charge in [-0.05, 0) is 24.3 Å². The van der Waals surface area contributed by atoms with Gasteiger partial charge in [-0.1, -0.05) is 25.8 Å². The quantitative estimate of drug-likeness (QED) is 0.657. The van der Waals surface area contributed by atoms with Crippen molar-refractivity contribution in [1.82, 2.24) is 0 Å². The smallest absolute Gasteiger partial charge is 0.248 e. The first-order chi connectivity index (χ1) is 8.65. The van der Waals surface area contributed by atoms with Crippen LogP contribution < -0.4 is 10.6 Å². The van der Waals surface area contributed by atoms with E-state index in [1.165, 1.54) is 24.2 Å². The van der Waals surface area contributed by atoms with Gasteiger partial charge in [0.25, 0.3) is 0 Å². The third kappa shape index (κ3) is 2.54. The largest absolute Gasteiger partial charge is 0.316 e. The fraction of sp³-hybridized carbons (Fsp3) is 0.500. The SMILES string of the molecule is CCCCCSc1ccc2c(c1)N(C)C(=O)C2N. The topological polar surface area (TPSA) is 46.3 Å². The van der Waals surface area contributed by atoms with Crippen LogP contribution in [-0.4, -0.2) is 18.7 Å². The molecule has 0 radical (unpaired) electrons. The molecule has 0 aliphatic carbocycles. The predicted molar refractivity (Wildman–Crippen MR) is 77.0 cm³/mol.